The van der Waals surface area contributed by atoms with Crippen molar-refractivity contribution >= 4 is 7.12 Å². The Morgan fingerprint density at radius 1 is 1.23 bits per heavy atom. The van der Waals surface area contributed by atoms with Crippen LogP contribution in [-0.4, -0.2) is 28.5 Å². The van der Waals surface area contributed by atoms with Gasteiger partial charge in [0, 0.05) is 0 Å². The second kappa shape index (κ2) is 4.14. The molecule has 0 radical (unpaired) electrons. The molecular weight excluding hydrogens is 167 g/mol. The third-order valence-corrected chi connectivity index (χ3v) is 2.15. The highest BCUT2D eigenvalue weighted by molar-refractivity contribution is 6.53. The van der Waals surface area contributed by atoms with Crippen LogP contribution >= 0.6 is 0 Å². The van der Waals surface area contributed by atoms with E-state index in [1.807, 2.05) is 0 Å². The van der Waals surface area contributed by atoms with Crippen molar-refractivity contribution in [3.05, 3.63) is 0 Å². The van der Waals surface area contributed by atoms with Crippen molar-refractivity contribution in [2.24, 2.45) is 0 Å². The van der Waals surface area contributed by atoms with E-state index in [1.54, 1.807) is 34.6 Å². The Morgan fingerprint density at radius 3 is 2.00 bits per heavy atom. The fraction of sp³-hybridized carbons (Fsp3) is 0.778. The summed E-state index contributed by atoms with van der Waals surface area (Å²) in [5.74, 6) is 4.98. The van der Waals surface area contributed by atoms with Gasteiger partial charge in [0.15, 0.2) is 0 Å². The number of aliphatic hydroxyl groups is 1. The SMILES string of the molecule is CC#CB(O)OC(C)(C)C(C)(C)O. The molecule has 0 fully saturated rings. The van der Waals surface area contributed by atoms with E-state index >= 15 is 0 Å². The molecule has 0 aliphatic rings. The van der Waals surface area contributed by atoms with Crippen LogP contribution in [0.5, 0.6) is 0 Å². The molecule has 0 aliphatic carbocycles. The summed E-state index contributed by atoms with van der Waals surface area (Å²) in [4.78, 5) is 0. The van der Waals surface area contributed by atoms with Gasteiger partial charge in [-0.15, -0.1) is 5.92 Å². The zero-order chi connectivity index (χ0) is 10.7. The van der Waals surface area contributed by atoms with Gasteiger partial charge in [0.05, 0.1) is 11.2 Å². The fourth-order valence-electron chi connectivity index (χ4n) is 0.576. The van der Waals surface area contributed by atoms with Gasteiger partial charge in [0.25, 0.3) is 0 Å². The number of rotatable bonds is 3. The summed E-state index contributed by atoms with van der Waals surface area (Å²) < 4.78 is 5.17. The molecule has 74 valence electrons. The first-order chi connectivity index (χ1) is 5.70. The second-order valence-corrected chi connectivity index (χ2v) is 3.93. The van der Waals surface area contributed by atoms with Gasteiger partial charge < -0.3 is 14.8 Å². The first-order valence-electron chi connectivity index (χ1n) is 4.21. The second-order valence-electron chi connectivity index (χ2n) is 3.93. The average Bonchev–Trinajstić information content (AvgIpc) is 1.83. The first kappa shape index (κ1) is 12.5. The van der Waals surface area contributed by atoms with Crippen LogP contribution < -0.4 is 0 Å². The molecule has 2 N–H and O–H groups in total. The Hall–Kier alpha value is -0.495. The maximum atomic E-state index is 9.68. The molecule has 0 saturated carbocycles. The summed E-state index contributed by atoms with van der Waals surface area (Å²) >= 11 is 0. The van der Waals surface area contributed by atoms with Crippen molar-refractivity contribution in [3.63, 3.8) is 0 Å². The molecule has 0 saturated heterocycles. The van der Waals surface area contributed by atoms with Crippen LogP contribution in [-0.2, 0) is 4.65 Å². The summed E-state index contributed by atoms with van der Waals surface area (Å²) in [6.07, 6.45) is 0. The minimum atomic E-state index is -1.15. The molecule has 0 unspecified atom stereocenters. The molecule has 0 heterocycles. The predicted molar refractivity (Wildman–Crippen MR) is 52.9 cm³/mol. The zero-order valence-electron chi connectivity index (χ0n) is 8.88. The largest absolute Gasteiger partial charge is 0.547 e. The molecule has 0 amide bonds. The fourth-order valence-corrected chi connectivity index (χ4v) is 0.576. The Labute approximate surface area is 80.3 Å². The van der Waals surface area contributed by atoms with Crippen LogP contribution in [0, 0.1) is 11.7 Å². The standard InChI is InChI=1S/C9H17BO3/c1-6-7-10(12)13-9(4,5)8(2,3)11/h11-12H,1-5H3. The lowest BCUT2D eigenvalue weighted by atomic mass is 9.84. The van der Waals surface area contributed by atoms with Crippen LogP contribution in [0.1, 0.15) is 34.6 Å². The third kappa shape index (κ3) is 3.82. The molecule has 0 rings (SSSR count). The highest BCUT2D eigenvalue weighted by atomic mass is 16.5. The molecule has 13 heavy (non-hydrogen) atoms. The van der Waals surface area contributed by atoms with Gasteiger partial charge in [-0.2, -0.15) is 0 Å². The molecule has 0 spiro atoms. The third-order valence-electron chi connectivity index (χ3n) is 2.15. The molecule has 3 nitrogen and oxygen atoms in total. The molecule has 0 atom stereocenters. The summed E-state index contributed by atoms with van der Waals surface area (Å²) in [7, 11) is -1.15. The van der Waals surface area contributed by atoms with Crippen molar-refractivity contribution in [1.29, 1.82) is 0 Å². The van der Waals surface area contributed by atoms with Crippen molar-refractivity contribution in [2.45, 2.75) is 45.8 Å². The molecule has 0 bridgehead atoms. The van der Waals surface area contributed by atoms with Gasteiger partial charge in [-0.3, -0.25) is 0 Å². The predicted octanol–water partition coefficient (Wildman–Crippen LogP) is 0.595. The van der Waals surface area contributed by atoms with Crippen LogP contribution in [0.4, 0.5) is 0 Å². The Kier molecular flexibility index (Phi) is 3.99. The van der Waals surface area contributed by atoms with Crippen molar-refractivity contribution in [2.75, 3.05) is 0 Å². The maximum Gasteiger partial charge on any atom is 0.547 e. The summed E-state index contributed by atoms with van der Waals surface area (Å²) in [5, 5.41) is 18.9. The summed E-state index contributed by atoms with van der Waals surface area (Å²) in [6, 6.07) is 0. The molecule has 0 aromatic carbocycles. The monoisotopic (exact) mass is 184 g/mol. The average molecular weight is 184 g/mol. The highest BCUT2D eigenvalue weighted by Gasteiger charge is 2.38. The van der Waals surface area contributed by atoms with Crippen LogP contribution in [0.25, 0.3) is 0 Å². The van der Waals surface area contributed by atoms with Crippen LogP contribution in [0.3, 0.4) is 0 Å². The molecule has 0 aliphatic heterocycles. The van der Waals surface area contributed by atoms with E-state index in [9.17, 15) is 10.1 Å². The molecule has 0 aromatic rings. The smallest absolute Gasteiger partial charge is 0.416 e. The minimum Gasteiger partial charge on any atom is -0.416 e. The van der Waals surface area contributed by atoms with Crippen molar-refractivity contribution in [3.8, 4) is 11.7 Å². The van der Waals surface area contributed by atoms with Gasteiger partial charge >= 0.3 is 7.12 Å². The lowest BCUT2D eigenvalue weighted by Crippen LogP contribution is -2.50. The summed E-state index contributed by atoms with van der Waals surface area (Å²) in [5.41, 5.74) is -1.86. The minimum absolute atomic E-state index is 0.837. The van der Waals surface area contributed by atoms with E-state index in [0.29, 0.717) is 0 Å². The lowest BCUT2D eigenvalue weighted by Gasteiger charge is -2.37. The quantitative estimate of drug-likeness (QED) is 0.498. The number of hydrogen-bond acceptors (Lipinski definition) is 3. The topological polar surface area (TPSA) is 49.7 Å². The molecular formula is C9H17BO3. The van der Waals surface area contributed by atoms with Crippen molar-refractivity contribution in [1.82, 2.24) is 0 Å². The van der Waals surface area contributed by atoms with Gasteiger partial charge in [-0.05, 0) is 34.6 Å². The highest BCUT2D eigenvalue weighted by Crippen LogP contribution is 2.25. The van der Waals surface area contributed by atoms with E-state index in [0.717, 1.165) is 0 Å². The first-order valence-corrected chi connectivity index (χ1v) is 4.21. The van der Waals surface area contributed by atoms with Gasteiger partial charge in [0.2, 0.25) is 0 Å². The Morgan fingerprint density at radius 2 is 1.69 bits per heavy atom. The summed E-state index contributed by atoms with van der Waals surface area (Å²) in [6.45, 7) is 8.27. The van der Waals surface area contributed by atoms with E-state index in [4.69, 9.17) is 4.65 Å². The van der Waals surface area contributed by atoms with Crippen molar-refractivity contribution < 1.29 is 14.8 Å². The molecule has 4 heteroatoms. The zero-order valence-corrected chi connectivity index (χ0v) is 8.88. The number of hydrogen-bond donors (Lipinski definition) is 2. The van der Waals surface area contributed by atoms with Gasteiger partial charge in [0.1, 0.15) is 0 Å². The Bertz CT molecular complexity index is 219. The van der Waals surface area contributed by atoms with Gasteiger partial charge in [-0.1, -0.05) is 5.82 Å². The maximum absolute atomic E-state index is 9.68. The normalized spacial score (nSPS) is 11.9. The van der Waals surface area contributed by atoms with E-state index in [2.05, 4.69) is 11.7 Å². The van der Waals surface area contributed by atoms with Crippen LogP contribution in [0.2, 0.25) is 0 Å². The lowest BCUT2D eigenvalue weighted by molar-refractivity contribution is -0.0981. The van der Waals surface area contributed by atoms with E-state index in [-0.39, 0.29) is 0 Å². The van der Waals surface area contributed by atoms with Crippen LogP contribution in [0.15, 0.2) is 0 Å². The van der Waals surface area contributed by atoms with E-state index in [1.165, 1.54) is 0 Å². The van der Waals surface area contributed by atoms with E-state index < -0.39 is 18.3 Å². The molecule has 0 aromatic heterocycles. The van der Waals surface area contributed by atoms with Gasteiger partial charge in [-0.25, -0.2) is 0 Å². The Balaban J connectivity index is 4.39.